The minimum Gasteiger partial charge on any atom is -0.480 e. The van der Waals surface area contributed by atoms with Gasteiger partial charge >= 0.3 is 5.97 Å². The van der Waals surface area contributed by atoms with Gasteiger partial charge in [0.05, 0.1) is 0 Å². The molecular weight excluding hydrogens is 240 g/mol. The van der Waals surface area contributed by atoms with Crippen LogP contribution in [0.4, 0.5) is 0 Å². The number of hydrogen-bond donors (Lipinski definition) is 2. The van der Waals surface area contributed by atoms with Gasteiger partial charge in [-0.25, -0.2) is 0 Å². The predicted octanol–water partition coefficient (Wildman–Crippen LogP) is 1.49. The molecule has 19 heavy (non-hydrogen) atoms. The molecule has 1 unspecified atom stereocenters. The van der Waals surface area contributed by atoms with Crippen molar-refractivity contribution in [3.8, 4) is 0 Å². The summed E-state index contributed by atoms with van der Waals surface area (Å²) in [6.45, 7) is 6.28. The van der Waals surface area contributed by atoms with Crippen LogP contribution in [0.5, 0.6) is 0 Å². The number of nitrogens with one attached hydrogen (secondary N) is 1. The number of carbonyl (C=O) groups is 1. The van der Waals surface area contributed by atoms with Crippen LogP contribution >= 0.6 is 0 Å². The molecule has 0 amide bonds. The molecule has 4 heteroatoms. The van der Waals surface area contributed by atoms with Crippen LogP contribution in [-0.4, -0.2) is 41.1 Å². The topological polar surface area (TPSA) is 52.6 Å². The van der Waals surface area contributed by atoms with Gasteiger partial charge in [-0.1, -0.05) is 36.4 Å². The third-order valence-electron chi connectivity index (χ3n) is 3.59. The van der Waals surface area contributed by atoms with E-state index in [9.17, 15) is 9.90 Å². The van der Waals surface area contributed by atoms with E-state index in [1.807, 2.05) is 18.2 Å². The minimum atomic E-state index is -0.830. The normalized spacial score (nSPS) is 23.4. The molecule has 0 spiro atoms. The Morgan fingerprint density at radius 1 is 1.47 bits per heavy atom. The summed E-state index contributed by atoms with van der Waals surface area (Å²) in [7, 11) is 0. The van der Waals surface area contributed by atoms with Gasteiger partial charge in [0, 0.05) is 26.2 Å². The van der Waals surface area contributed by atoms with Gasteiger partial charge in [-0.05, 0) is 12.0 Å². The molecule has 1 aromatic carbocycles. The summed E-state index contributed by atoms with van der Waals surface area (Å²) in [5.74, 6) is -0.773. The summed E-state index contributed by atoms with van der Waals surface area (Å²) in [4.78, 5) is 13.7. The Balaban J connectivity index is 2.00. The van der Waals surface area contributed by atoms with E-state index >= 15 is 0 Å². The number of likely N-dealkylation sites (tertiary alicyclic amines) is 1. The molecule has 0 aliphatic carbocycles. The van der Waals surface area contributed by atoms with Gasteiger partial charge in [-0.3, -0.25) is 15.0 Å². The van der Waals surface area contributed by atoms with Gasteiger partial charge < -0.3 is 5.11 Å². The van der Waals surface area contributed by atoms with Crippen LogP contribution in [0.3, 0.4) is 0 Å². The van der Waals surface area contributed by atoms with Crippen LogP contribution < -0.4 is 5.32 Å². The van der Waals surface area contributed by atoms with Crippen LogP contribution in [0.15, 0.2) is 43.0 Å². The fourth-order valence-electron chi connectivity index (χ4n) is 2.53. The van der Waals surface area contributed by atoms with Crippen molar-refractivity contribution in [3.63, 3.8) is 0 Å². The van der Waals surface area contributed by atoms with Crippen molar-refractivity contribution in [2.24, 2.45) is 0 Å². The van der Waals surface area contributed by atoms with Crippen LogP contribution in [0, 0.1) is 0 Å². The van der Waals surface area contributed by atoms with Crippen LogP contribution in [-0.2, 0) is 11.3 Å². The molecule has 4 nitrogen and oxygen atoms in total. The van der Waals surface area contributed by atoms with Crippen molar-refractivity contribution in [1.29, 1.82) is 0 Å². The number of carboxylic acids is 1. The summed E-state index contributed by atoms with van der Waals surface area (Å²) < 4.78 is 0. The summed E-state index contributed by atoms with van der Waals surface area (Å²) in [6.07, 6.45) is 2.33. The largest absolute Gasteiger partial charge is 0.480 e. The molecule has 1 aliphatic rings. The van der Waals surface area contributed by atoms with E-state index in [1.54, 1.807) is 6.08 Å². The second-order valence-electron chi connectivity index (χ2n) is 5.00. The summed E-state index contributed by atoms with van der Waals surface area (Å²) in [6, 6.07) is 10.1. The number of rotatable bonds is 6. The third-order valence-corrected chi connectivity index (χ3v) is 3.59. The zero-order chi connectivity index (χ0) is 13.7. The average Bonchev–Trinajstić information content (AvgIpc) is 2.82. The molecule has 1 heterocycles. The summed E-state index contributed by atoms with van der Waals surface area (Å²) >= 11 is 0. The Morgan fingerprint density at radius 2 is 2.21 bits per heavy atom. The highest BCUT2D eigenvalue weighted by Crippen LogP contribution is 2.23. The molecule has 0 radical (unpaired) electrons. The lowest BCUT2D eigenvalue weighted by Crippen LogP contribution is -2.54. The fraction of sp³-hybridized carbons (Fsp3) is 0.400. The Labute approximate surface area is 113 Å². The van der Waals surface area contributed by atoms with Gasteiger partial charge in [0.25, 0.3) is 0 Å². The zero-order valence-corrected chi connectivity index (χ0v) is 11.0. The van der Waals surface area contributed by atoms with Crippen molar-refractivity contribution in [3.05, 3.63) is 48.6 Å². The SMILES string of the molecule is C=CCNC1(C(=O)O)CCN(Cc2ccccc2)C1. The smallest absolute Gasteiger partial charge is 0.325 e. The first-order valence-corrected chi connectivity index (χ1v) is 6.52. The number of carboxylic acid groups (broad SMARTS) is 1. The molecule has 102 valence electrons. The number of hydrogen-bond acceptors (Lipinski definition) is 3. The van der Waals surface area contributed by atoms with Crippen molar-refractivity contribution in [2.45, 2.75) is 18.5 Å². The van der Waals surface area contributed by atoms with E-state index in [0.717, 1.165) is 13.1 Å². The van der Waals surface area contributed by atoms with E-state index in [1.165, 1.54) is 5.56 Å². The molecule has 1 aliphatic heterocycles. The summed E-state index contributed by atoms with van der Waals surface area (Å²) in [5.41, 5.74) is 0.385. The van der Waals surface area contributed by atoms with E-state index in [4.69, 9.17) is 0 Å². The van der Waals surface area contributed by atoms with Gasteiger partial charge in [-0.2, -0.15) is 0 Å². The Kier molecular flexibility index (Phi) is 4.35. The van der Waals surface area contributed by atoms with Crippen molar-refractivity contribution < 1.29 is 9.90 Å². The first-order valence-electron chi connectivity index (χ1n) is 6.52. The second-order valence-corrected chi connectivity index (χ2v) is 5.00. The Morgan fingerprint density at radius 3 is 2.84 bits per heavy atom. The number of benzene rings is 1. The standard InChI is InChI=1S/C15H20N2O2/c1-2-9-16-15(14(18)19)8-10-17(12-15)11-13-6-4-3-5-7-13/h2-7,16H,1,8-12H2,(H,18,19). The second kappa shape index (κ2) is 5.99. The maximum atomic E-state index is 11.5. The van der Waals surface area contributed by atoms with E-state index in [2.05, 4.69) is 28.9 Å². The van der Waals surface area contributed by atoms with Gasteiger partial charge in [0.15, 0.2) is 0 Å². The minimum absolute atomic E-state index is 0.519. The van der Waals surface area contributed by atoms with Crippen LogP contribution in [0.2, 0.25) is 0 Å². The fourth-order valence-corrected chi connectivity index (χ4v) is 2.53. The predicted molar refractivity (Wildman–Crippen MR) is 74.9 cm³/mol. The number of nitrogens with zero attached hydrogens (tertiary/aromatic N) is 1. The molecule has 0 bridgehead atoms. The molecule has 0 aromatic heterocycles. The molecule has 2 N–H and O–H groups in total. The maximum absolute atomic E-state index is 11.5. The lowest BCUT2D eigenvalue weighted by molar-refractivity contribution is -0.144. The Bertz CT molecular complexity index is 447. The molecule has 1 atom stereocenters. The van der Waals surface area contributed by atoms with Crippen LogP contribution in [0.1, 0.15) is 12.0 Å². The summed E-state index contributed by atoms with van der Waals surface area (Å²) in [5, 5.41) is 12.6. The van der Waals surface area contributed by atoms with Crippen molar-refractivity contribution in [1.82, 2.24) is 10.2 Å². The molecule has 1 saturated heterocycles. The maximum Gasteiger partial charge on any atom is 0.325 e. The number of aliphatic carboxylic acids is 1. The third kappa shape index (κ3) is 3.22. The lowest BCUT2D eigenvalue weighted by atomic mass is 9.99. The molecule has 1 aromatic rings. The highest BCUT2D eigenvalue weighted by Gasteiger charge is 2.44. The highest BCUT2D eigenvalue weighted by atomic mass is 16.4. The molecular formula is C15H20N2O2. The quantitative estimate of drug-likeness (QED) is 0.761. The van der Waals surface area contributed by atoms with Crippen molar-refractivity contribution in [2.75, 3.05) is 19.6 Å². The first kappa shape index (κ1) is 13.8. The van der Waals surface area contributed by atoms with E-state index in [0.29, 0.717) is 19.5 Å². The van der Waals surface area contributed by atoms with Gasteiger partial charge in [0.1, 0.15) is 5.54 Å². The highest BCUT2D eigenvalue weighted by molar-refractivity contribution is 5.79. The zero-order valence-electron chi connectivity index (χ0n) is 11.0. The van der Waals surface area contributed by atoms with E-state index in [-0.39, 0.29) is 0 Å². The lowest BCUT2D eigenvalue weighted by Gasteiger charge is -2.25. The van der Waals surface area contributed by atoms with Gasteiger partial charge in [0.2, 0.25) is 0 Å². The molecule has 0 saturated carbocycles. The first-order chi connectivity index (χ1) is 9.16. The van der Waals surface area contributed by atoms with Gasteiger partial charge in [-0.15, -0.1) is 6.58 Å². The van der Waals surface area contributed by atoms with Crippen LogP contribution in [0.25, 0.3) is 0 Å². The molecule has 1 fully saturated rings. The van der Waals surface area contributed by atoms with Crippen molar-refractivity contribution >= 4 is 5.97 Å². The Hall–Kier alpha value is -1.65. The monoisotopic (exact) mass is 260 g/mol. The van der Waals surface area contributed by atoms with E-state index < -0.39 is 11.5 Å². The molecule has 2 rings (SSSR count). The average molecular weight is 260 g/mol.